The molecule has 2 atom stereocenters. The van der Waals surface area contributed by atoms with Gasteiger partial charge in [0.15, 0.2) is 0 Å². The number of rotatable bonds is 6. The first-order valence-corrected chi connectivity index (χ1v) is 11.3. The van der Waals surface area contributed by atoms with Gasteiger partial charge in [-0.05, 0) is 49.2 Å². The predicted octanol–water partition coefficient (Wildman–Crippen LogP) is 2.98. The van der Waals surface area contributed by atoms with Crippen molar-refractivity contribution in [3.05, 3.63) is 66.2 Å². The van der Waals surface area contributed by atoms with Gasteiger partial charge in [-0.3, -0.25) is 14.6 Å². The SMILES string of the molecule is CN(C)C(=O)c1ccc(-c2cc(Nc3ccc(C(=O)NC4CCCCC4N)cc3)ncn2)cn1. The molecule has 4 rings (SSSR count). The van der Waals surface area contributed by atoms with Crippen LogP contribution in [0.2, 0.25) is 0 Å². The van der Waals surface area contributed by atoms with Gasteiger partial charge >= 0.3 is 0 Å². The van der Waals surface area contributed by atoms with Gasteiger partial charge in [-0.1, -0.05) is 12.8 Å². The topological polar surface area (TPSA) is 126 Å². The molecular formula is C25H29N7O2. The second-order valence-corrected chi connectivity index (χ2v) is 8.65. The monoisotopic (exact) mass is 459 g/mol. The van der Waals surface area contributed by atoms with Crippen molar-refractivity contribution in [3.8, 4) is 11.3 Å². The van der Waals surface area contributed by atoms with Crippen LogP contribution in [0.4, 0.5) is 11.5 Å². The molecular weight excluding hydrogens is 430 g/mol. The molecule has 1 saturated carbocycles. The van der Waals surface area contributed by atoms with E-state index in [1.54, 1.807) is 44.6 Å². The number of nitrogens with two attached hydrogens (primary N) is 1. The Hall–Kier alpha value is -3.85. The first kappa shape index (κ1) is 23.3. The lowest BCUT2D eigenvalue weighted by atomic mass is 9.91. The highest BCUT2D eigenvalue weighted by Gasteiger charge is 2.23. The maximum Gasteiger partial charge on any atom is 0.271 e. The molecule has 0 bridgehead atoms. The van der Waals surface area contributed by atoms with E-state index >= 15 is 0 Å². The van der Waals surface area contributed by atoms with E-state index in [0.717, 1.165) is 36.9 Å². The summed E-state index contributed by atoms with van der Waals surface area (Å²) in [7, 11) is 3.37. The van der Waals surface area contributed by atoms with Crippen LogP contribution in [-0.2, 0) is 0 Å². The third-order valence-electron chi connectivity index (χ3n) is 5.91. The molecule has 9 nitrogen and oxygen atoms in total. The summed E-state index contributed by atoms with van der Waals surface area (Å²) in [5, 5.41) is 6.29. The average molecular weight is 460 g/mol. The zero-order valence-corrected chi connectivity index (χ0v) is 19.4. The van der Waals surface area contributed by atoms with Crippen LogP contribution in [0.25, 0.3) is 11.3 Å². The molecule has 0 spiro atoms. The zero-order chi connectivity index (χ0) is 24.1. The summed E-state index contributed by atoms with van der Waals surface area (Å²) in [5.74, 6) is 0.334. The summed E-state index contributed by atoms with van der Waals surface area (Å²) in [4.78, 5) is 38.9. The number of nitrogens with zero attached hydrogens (tertiary/aromatic N) is 4. The molecule has 1 aliphatic carbocycles. The Bertz CT molecular complexity index is 1150. The van der Waals surface area contributed by atoms with E-state index in [2.05, 4.69) is 25.6 Å². The molecule has 2 heterocycles. The van der Waals surface area contributed by atoms with Crippen molar-refractivity contribution in [2.24, 2.45) is 5.73 Å². The molecule has 2 amide bonds. The fourth-order valence-corrected chi connectivity index (χ4v) is 3.93. The number of carbonyl (C=O) groups is 2. The first-order valence-electron chi connectivity index (χ1n) is 11.3. The number of amides is 2. The highest BCUT2D eigenvalue weighted by atomic mass is 16.2. The molecule has 9 heteroatoms. The Labute approximate surface area is 198 Å². The van der Waals surface area contributed by atoms with Crippen LogP contribution in [0.5, 0.6) is 0 Å². The summed E-state index contributed by atoms with van der Waals surface area (Å²) >= 11 is 0. The highest BCUT2D eigenvalue weighted by Crippen LogP contribution is 2.22. The molecule has 2 aromatic heterocycles. The molecule has 1 aliphatic rings. The number of pyridine rings is 1. The van der Waals surface area contributed by atoms with E-state index in [4.69, 9.17) is 5.73 Å². The third-order valence-corrected chi connectivity index (χ3v) is 5.91. The van der Waals surface area contributed by atoms with Crippen LogP contribution in [-0.4, -0.2) is 57.8 Å². The van der Waals surface area contributed by atoms with Crippen LogP contribution >= 0.6 is 0 Å². The normalized spacial score (nSPS) is 17.6. The van der Waals surface area contributed by atoms with Gasteiger partial charge in [-0.2, -0.15) is 0 Å². The maximum absolute atomic E-state index is 12.6. The van der Waals surface area contributed by atoms with Crippen LogP contribution in [0.1, 0.15) is 46.5 Å². The average Bonchev–Trinajstić information content (AvgIpc) is 2.85. The van der Waals surface area contributed by atoms with Crippen molar-refractivity contribution in [1.29, 1.82) is 0 Å². The summed E-state index contributed by atoms with van der Waals surface area (Å²) in [6.45, 7) is 0. The van der Waals surface area contributed by atoms with E-state index in [0.29, 0.717) is 22.8 Å². The number of nitrogens with one attached hydrogen (secondary N) is 2. The summed E-state index contributed by atoms with van der Waals surface area (Å²) < 4.78 is 0. The standard InChI is InChI=1S/C25H29N7O2/c1-32(2)25(34)21-12-9-17(14-27-21)22-13-23(29-15-28-22)30-18-10-7-16(8-11-18)24(33)31-20-6-4-3-5-19(20)26/h7-15,19-20H,3-6,26H2,1-2H3,(H,31,33)(H,28,29,30). The van der Waals surface area contributed by atoms with Crippen molar-refractivity contribution in [2.45, 2.75) is 37.8 Å². The minimum absolute atomic E-state index is 0.0190. The van der Waals surface area contributed by atoms with Crippen molar-refractivity contribution >= 4 is 23.3 Å². The molecule has 0 saturated heterocycles. The molecule has 0 aliphatic heterocycles. The maximum atomic E-state index is 12.6. The van der Waals surface area contributed by atoms with E-state index in [1.165, 1.54) is 11.2 Å². The van der Waals surface area contributed by atoms with Crippen molar-refractivity contribution in [3.63, 3.8) is 0 Å². The molecule has 34 heavy (non-hydrogen) atoms. The largest absolute Gasteiger partial charge is 0.348 e. The Morgan fingerprint density at radius 1 is 1.00 bits per heavy atom. The van der Waals surface area contributed by atoms with E-state index < -0.39 is 0 Å². The van der Waals surface area contributed by atoms with Gasteiger partial charge in [0, 0.05) is 55.3 Å². The summed E-state index contributed by atoms with van der Waals surface area (Å²) in [6.07, 6.45) is 7.17. The predicted molar refractivity (Wildman–Crippen MR) is 131 cm³/mol. The highest BCUT2D eigenvalue weighted by molar-refractivity contribution is 5.95. The van der Waals surface area contributed by atoms with Gasteiger partial charge in [-0.25, -0.2) is 9.97 Å². The molecule has 176 valence electrons. The fraction of sp³-hybridized carbons (Fsp3) is 0.320. The Balaban J connectivity index is 1.41. The molecule has 2 unspecified atom stereocenters. The van der Waals surface area contributed by atoms with Crippen LogP contribution in [0, 0.1) is 0 Å². The number of anilines is 2. The van der Waals surface area contributed by atoms with Gasteiger partial charge in [0.2, 0.25) is 0 Å². The van der Waals surface area contributed by atoms with Gasteiger partial charge < -0.3 is 21.3 Å². The minimum atomic E-state index is -0.157. The van der Waals surface area contributed by atoms with Crippen molar-refractivity contribution < 1.29 is 9.59 Å². The number of benzene rings is 1. The molecule has 4 N–H and O–H groups in total. The lowest BCUT2D eigenvalue weighted by Crippen LogP contribution is -2.49. The van der Waals surface area contributed by atoms with E-state index in [-0.39, 0.29) is 23.9 Å². The number of hydrogen-bond donors (Lipinski definition) is 3. The Morgan fingerprint density at radius 3 is 2.44 bits per heavy atom. The first-order chi connectivity index (χ1) is 16.4. The molecule has 1 aromatic carbocycles. The molecule has 0 radical (unpaired) electrons. The van der Waals surface area contributed by atoms with E-state index in [9.17, 15) is 9.59 Å². The molecule has 1 fully saturated rings. The third kappa shape index (κ3) is 5.55. The minimum Gasteiger partial charge on any atom is -0.348 e. The van der Waals surface area contributed by atoms with E-state index in [1.807, 2.05) is 18.2 Å². The van der Waals surface area contributed by atoms with Gasteiger partial charge in [0.05, 0.1) is 5.69 Å². The fourth-order valence-electron chi connectivity index (χ4n) is 3.93. The number of aromatic nitrogens is 3. The second-order valence-electron chi connectivity index (χ2n) is 8.65. The Morgan fingerprint density at radius 2 is 1.76 bits per heavy atom. The lowest BCUT2D eigenvalue weighted by Gasteiger charge is -2.29. The number of hydrogen-bond acceptors (Lipinski definition) is 7. The smallest absolute Gasteiger partial charge is 0.271 e. The van der Waals surface area contributed by atoms with Gasteiger partial charge in [0.1, 0.15) is 17.8 Å². The summed E-state index contributed by atoms with van der Waals surface area (Å²) in [5.41, 5.74) is 9.34. The zero-order valence-electron chi connectivity index (χ0n) is 19.4. The second kappa shape index (κ2) is 10.4. The van der Waals surface area contributed by atoms with Gasteiger partial charge in [0.25, 0.3) is 11.8 Å². The van der Waals surface area contributed by atoms with Crippen molar-refractivity contribution in [1.82, 2.24) is 25.2 Å². The quantitative estimate of drug-likeness (QED) is 0.517. The lowest BCUT2D eigenvalue weighted by molar-refractivity contribution is 0.0821. The van der Waals surface area contributed by atoms with Crippen LogP contribution < -0.4 is 16.4 Å². The summed E-state index contributed by atoms with van der Waals surface area (Å²) in [6, 6.07) is 12.6. The van der Waals surface area contributed by atoms with Crippen LogP contribution in [0.15, 0.2) is 55.0 Å². The Kier molecular flexibility index (Phi) is 7.12. The van der Waals surface area contributed by atoms with Crippen LogP contribution in [0.3, 0.4) is 0 Å². The number of carbonyl (C=O) groups excluding carboxylic acids is 2. The van der Waals surface area contributed by atoms with Gasteiger partial charge in [-0.15, -0.1) is 0 Å². The van der Waals surface area contributed by atoms with Crippen molar-refractivity contribution in [2.75, 3.05) is 19.4 Å². The molecule has 3 aromatic rings.